The molecule has 3 aromatic rings. The highest BCUT2D eigenvalue weighted by molar-refractivity contribution is 7.19. The first-order valence-corrected chi connectivity index (χ1v) is 12.2. The number of nitrogens with zero attached hydrogens (tertiary/aromatic N) is 2. The monoisotopic (exact) mass is 483 g/mol. The van der Waals surface area contributed by atoms with E-state index in [-0.39, 0.29) is 11.5 Å². The molecular weight excluding hydrogens is 450 g/mol. The second-order valence-electron chi connectivity index (χ2n) is 9.76. The minimum absolute atomic E-state index is 0.0263. The van der Waals surface area contributed by atoms with Crippen LogP contribution in [0.3, 0.4) is 0 Å². The van der Waals surface area contributed by atoms with E-state index >= 15 is 0 Å². The Morgan fingerprint density at radius 3 is 2.50 bits per heavy atom. The second kappa shape index (κ2) is 8.74. The number of rotatable bonds is 6. The van der Waals surface area contributed by atoms with Crippen LogP contribution in [0.1, 0.15) is 38.5 Å². The number of ether oxygens (including phenoxy) is 2. The minimum atomic E-state index is -0.608. The summed E-state index contributed by atoms with van der Waals surface area (Å²) in [5.74, 6) is 1.03. The van der Waals surface area contributed by atoms with E-state index in [0.717, 1.165) is 40.1 Å². The first-order valence-electron chi connectivity index (χ1n) is 11.4. The topological polar surface area (TPSA) is 86.8 Å². The van der Waals surface area contributed by atoms with Crippen LogP contribution in [-0.4, -0.2) is 41.7 Å². The third-order valence-corrected chi connectivity index (χ3v) is 8.89. The largest absolute Gasteiger partial charge is 0.493 e. The van der Waals surface area contributed by atoms with Crippen LogP contribution in [0.5, 0.6) is 11.5 Å². The average Bonchev–Trinajstić information content (AvgIpc) is 3.23. The standard InChI is InChI=1S/C26H33N3O4S/c1-25(2)26(3,24(27)31)10-7-11-29(25)14-17-13-18-22(34-17)19(15-28(4)23(18)30)16-8-9-20(32-5)21(12-16)33-6/h8-9,12-13,15H,7,10-11,14H2,1-6H3,(H2,27,31). The molecule has 1 amide bonds. The molecule has 1 aliphatic heterocycles. The van der Waals surface area contributed by atoms with Crippen LogP contribution in [0.4, 0.5) is 0 Å². The number of pyridine rings is 1. The number of aryl methyl sites for hydroxylation is 1. The molecule has 1 saturated heterocycles. The molecule has 182 valence electrons. The third-order valence-electron chi connectivity index (χ3n) is 7.73. The molecule has 1 aliphatic rings. The molecule has 4 rings (SSSR count). The highest BCUT2D eigenvalue weighted by atomic mass is 32.1. The Hall–Kier alpha value is -2.84. The first kappa shape index (κ1) is 24.3. The smallest absolute Gasteiger partial charge is 0.259 e. The van der Waals surface area contributed by atoms with Gasteiger partial charge in [0.15, 0.2) is 11.5 Å². The van der Waals surface area contributed by atoms with Crippen molar-refractivity contribution < 1.29 is 14.3 Å². The van der Waals surface area contributed by atoms with Gasteiger partial charge >= 0.3 is 0 Å². The molecule has 7 nitrogen and oxygen atoms in total. The van der Waals surface area contributed by atoms with Crippen LogP contribution < -0.4 is 20.8 Å². The number of carbonyl (C=O) groups excluding carboxylic acids is 1. The lowest BCUT2D eigenvalue weighted by Crippen LogP contribution is -2.62. The molecule has 8 heteroatoms. The summed E-state index contributed by atoms with van der Waals surface area (Å²) in [4.78, 5) is 28.8. The lowest BCUT2D eigenvalue weighted by atomic mass is 9.66. The van der Waals surface area contributed by atoms with Gasteiger partial charge in [-0.2, -0.15) is 0 Å². The Morgan fingerprint density at radius 2 is 1.85 bits per heavy atom. The molecule has 1 aromatic carbocycles. The molecule has 0 radical (unpaired) electrons. The predicted molar refractivity (Wildman–Crippen MR) is 137 cm³/mol. The number of nitrogens with two attached hydrogens (primary N) is 1. The molecule has 2 aromatic heterocycles. The summed E-state index contributed by atoms with van der Waals surface area (Å²) in [7, 11) is 5.00. The molecular formula is C26H33N3O4S. The number of thiophene rings is 1. The Labute approximate surface area is 204 Å². The highest BCUT2D eigenvalue weighted by Crippen LogP contribution is 2.45. The molecule has 1 fully saturated rings. The van der Waals surface area contributed by atoms with Gasteiger partial charge in [-0.25, -0.2) is 0 Å². The second-order valence-corrected chi connectivity index (χ2v) is 10.9. The molecule has 3 heterocycles. The normalized spacial score (nSPS) is 20.4. The van der Waals surface area contributed by atoms with Crippen molar-refractivity contribution in [3.05, 3.63) is 45.7 Å². The molecule has 34 heavy (non-hydrogen) atoms. The number of hydrogen-bond donors (Lipinski definition) is 1. The Morgan fingerprint density at radius 1 is 1.15 bits per heavy atom. The number of carbonyl (C=O) groups is 1. The number of fused-ring (bicyclic) bond motifs is 1. The van der Waals surface area contributed by atoms with E-state index in [2.05, 4.69) is 18.7 Å². The quantitative estimate of drug-likeness (QED) is 0.569. The van der Waals surface area contributed by atoms with Gasteiger partial charge in [-0.15, -0.1) is 11.3 Å². The summed E-state index contributed by atoms with van der Waals surface area (Å²) in [6.45, 7) is 7.70. The molecule has 0 bridgehead atoms. The van der Waals surface area contributed by atoms with Gasteiger partial charge in [0.1, 0.15) is 0 Å². The Kier molecular flexibility index (Phi) is 6.25. The maximum absolute atomic E-state index is 13.0. The van der Waals surface area contributed by atoms with Crippen molar-refractivity contribution in [3.63, 3.8) is 0 Å². The third kappa shape index (κ3) is 3.79. The average molecular weight is 484 g/mol. The van der Waals surface area contributed by atoms with Crippen LogP contribution in [0, 0.1) is 5.41 Å². The number of primary amides is 1. The van der Waals surface area contributed by atoms with Gasteiger partial charge in [-0.1, -0.05) is 6.07 Å². The molecule has 1 unspecified atom stereocenters. The van der Waals surface area contributed by atoms with Crippen molar-refractivity contribution in [2.24, 2.45) is 18.2 Å². The van der Waals surface area contributed by atoms with Crippen LogP contribution in [-0.2, 0) is 18.4 Å². The van der Waals surface area contributed by atoms with Gasteiger partial charge in [0.25, 0.3) is 5.56 Å². The fourth-order valence-electron chi connectivity index (χ4n) is 5.04. The summed E-state index contributed by atoms with van der Waals surface area (Å²) < 4.78 is 13.4. The lowest BCUT2D eigenvalue weighted by Gasteiger charge is -2.53. The molecule has 0 saturated carbocycles. The molecule has 0 spiro atoms. The van der Waals surface area contributed by atoms with Gasteiger partial charge < -0.3 is 19.8 Å². The van der Waals surface area contributed by atoms with Crippen molar-refractivity contribution in [3.8, 4) is 22.6 Å². The number of methoxy groups -OCH3 is 2. The number of benzene rings is 1. The highest BCUT2D eigenvalue weighted by Gasteiger charge is 2.51. The number of aromatic nitrogens is 1. The van der Waals surface area contributed by atoms with E-state index in [1.165, 1.54) is 0 Å². The van der Waals surface area contributed by atoms with E-state index in [0.29, 0.717) is 23.4 Å². The number of likely N-dealkylation sites (tertiary alicyclic amines) is 1. The predicted octanol–water partition coefficient (Wildman–Crippen LogP) is 4.15. The van der Waals surface area contributed by atoms with Crippen molar-refractivity contribution in [1.82, 2.24) is 9.47 Å². The zero-order valence-electron chi connectivity index (χ0n) is 20.7. The number of piperidine rings is 1. The van der Waals surface area contributed by atoms with Crippen LogP contribution in [0.25, 0.3) is 21.2 Å². The number of amides is 1. The summed E-state index contributed by atoms with van der Waals surface area (Å²) in [5, 5.41) is 0.697. The first-order chi connectivity index (χ1) is 16.0. The van der Waals surface area contributed by atoms with Crippen LogP contribution in [0.2, 0.25) is 0 Å². The maximum Gasteiger partial charge on any atom is 0.259 e. The van der Waals surface area contributed by atoms with E-state index in [4.69, 9.17) is 15.2 Å². The number of hydrogen-bond acceptors (Lipinski definition) is 6. The van der Waals surface area contributed by atoms with Crippen molar-refractivity contribution in [2.45, 2.75) is 45.7 Å². The van der Waals surface area contributed by atoms with Gasteiger partial charge in [0.05, 0.1) is 25.0 Å². The summed E-state index contributed by atoms with van der Waals surface area (Å²) in [5.41, 5.74) is 6.72. The lowest BCUT2D eigenvalue weighted by molar-refractivity contribution is -0.141. The Bertz CT molecular complexity index is 1310. The summed E-state index contributed by atoms with van der Waals surface area (Å²) >= 11 is 1.62. The van der Waals surface area contributed by atoms with Gasteiger partial charge in [-0.3, -0.25) is 14.5 Å². The van der Waals surface area contributed by atoms with Crippen LogP contribution in [0.15, 0.2) is 35.3 Å². The summed E-state index contributed by atoms with van der Waals surface area (Å²) in [6.07, 6.45) is 3.57. The van der Waals surface area contributed by atoms with Crippen molar-refractivity contribution >= 4 is 27.3 Å². The fraction of sp³-hybridized carbons (Fsp3) is 0.462. The van der Waals surface area contributed by atoms with E-state index in [1.54, 1.807) is 37.2 Å². The van der Waals surface area contributed by atoms with Crippen molar-refractivity contribution in [1.29, 1.82) is 0 Å². The van der Waals surface area contributed by atoms with Gasteiger partial charge in [-0.05, 0) is 63.9 Å². The van der Waals surface area contributed by atoms with E-state index in [9.17, 15) is 9.59 Å². The van der Waals surface area contributed by atoms with E-state index < -0.39 is 11.0 Å². The van der Waals surface area contributed by atoms with Crippen molar-refractivity contribution in [2.75, 3.05) is 20.8 Å². The Balaban J connectivity index is 1.79. The molecule has 1 atom stereocenters. The molecule has 2 N–H and O–H groups in total. The van der Waals surface area contributed by atoms with Crippen LogP contribution >= 0.6 is 11.3 Å². The minimum Gasteiger partial charge on any atom is -0.493 e. The summed E-state index contributed by atoms with van der Waals surface area (Å²) in [6, 6.07) is 7.79. The zero-order chi connectivity index (χ0) is 24.8. The fourth-order valence-corrected chi connectivity index (χ4v) is 6.23. The maximum atomic E-state index is 13.0. The van der Waals surface area contributed by atoms with Gasteiger partial charge in [0, 0.05) is 40.5 Å². The SMILES string of the molecule is COc1ccc(-c2cn(C)c(=O)c3cc(CN4CCCC(C)(C(N)=O)C4(C)C)sc23)cc1OC. The molecule has 0 aliphatic carbocycles. The van der Waals surface area contributed by atoms with E-state index in [1.807, 2.05) is 37.4 Å². The van der Waals surface area contributed by atoms with Gasteiger partial charge in [0.2, 0.25) is 5.91 Å². The zero-order valence-corrected chi connectivity index (χ0v) is 21.5.